The highest BCUT2D eigenvalue weighted by Crippen LogP contribution is 2.26. The van der Waals surface area contributed by atoms with E-state index in [2.05, 4.69) is 22.9 Å². The van der Waals surface area contributed by atoms with Gasteiger partial charge in [0.05, 0.1) is 0 Å². The van der Waals surface area contributed by atoms with Gasteiger partial charge >= 0.3 is 6.03 Å². The first kappa shape index (κ1) is 26.2. The smallest absolute Gasteiger partial charge is 0.315 e. The third-order valence-electron chi connectivity index (χ3n) is 6.63. The number of urea groups is 1. The maximum atomic E-state index is 13.5. The summed E-state index contributed by atoms with van der Waals surface area (Å²) < 4.78 is 19.7. The maximum absolute atomic E-state index is 13.5. The van der Waals surface area contributed by atoms with Crippen molar-refractivity contribution in [3.05, 3.63) is 95.8 Å². The van der Waals surface area contributed by atoms with Gasteiger partial charge < -0.3 is 20.7 Å². The number of halogens is 1. The minimum absolute atomic E-state index is 0.175. The van der Waals surface area contributed by atoms with E-state index in [4.69, 9.17) is 4.74 Å². The molecule has 0 bridgehead atoms. The molecule has 0 heterocycles. The molecule has 0 aliphatic heterocycles. The molecule has 1 saturated carbocycles. The zero-order chi connectivity index (χ0) is 26.0. The molecule has 3 aromatic carbocycles. The molecule has 1 aliphatic carbocycles. The van der Waals surface area contributed by atoms with Crippen molar-refractivity contribution < 1.29 is 18.7 Å². The zero-order valence-corrected chi connectivity index (χ0v) is 21.1. The van der Waals surface area contributed by atoms with E-state index < -0.39 is 6.10 Å². The number of anilines is 1. The molecular formula is C30H34FN3O3. The monoisotopic (exact) mass is 503 g/mol. The summed E-state index contributed by atoms with van der Waals surface area (Å²) in [5, 5.41) is 8.87. The van der Waals surface area contributed by atoms with Crippen LogP contribution in [0.1, 0.15) is 61.1 Å². The average Bonchev–Trinajstić information content (AvgIpc) is 2.89. The van der Waals surface area contributed by atoms with Crippen molar-refractivity contribution in [1.82, 2.24) is 10.6 Å². The van der Waals surface area contributed by atoms with Gasteiger partial charge in [0.25, 0.3) is 5.91 Å². The lowest BCUT2D eigenvalue weighted by Gasteiger charge is -2.27. The van der Waals surface area contributed by atoms with Crippen molar-refractivity contribution in [2.45, 2.75) is 51.2 Å². The summed E-state index contributed by atoms with van der Waals surface area (Å²) in [6.07, 6.45) is 4.47. The largest absolute Gasteiger partial charge is 0.486 e. The van der Waals surface area contributed by atoms with Crippen molar-refractivity contribution in [3.63, 3.8) is 0 Å². The summed E-state index contributed by atoms with van der Waals surface area (Å²) in [6, 6.07) is 22.3. The molecule has 1 fully saturated rings. The summed E-state index contributed by atoms with van der Waals surface area (Å²) in [5.41, 5.74) is 2.03. The summed E-state index contributed by atoms with van der Waals surface area (Å²) in [7, 11) is 0. The topological polar surface area (TPSA) is 79.5 Å². The lowest BCUT2D eigenvalue weighted by molar-refractivity contribution is 0.102. The molecule has 0 radical (unpaired) electrons. The van der Waals surface area contributed by atoms with Crippen LogP contribution in [0.4, 0.5) is 14.9 Å². The Bertz CT molecular complexity index is 1150. The van der Waals surface area contributed by atoms with Gasteiger partial charge in [0, 0.05) is 30.3 Å². The Morgan fingerprint density at radius 3 is 2.41 bits per heavy atom. The second-order valence-corrected chi connectivity index (χ2v) is 9.66. The fraction of sp³-hybridized carbons (Fsp3) is 0.333. The number of ether oxygens (including phenoxy) is 1. The van der Waals surface area contributed by atoms with Crippen molar-refractivity contribution in [2.75, 3.05) is 11.9 Å². The lowest BCUT2D eigenvalue weighted by atomic mass is 9.87. The second-order valence-electron chi connectivity index (χ2n) is 9.66. The van der Waals surface area contributed by atoms with Gasteiger partial charge in [-0.05, 0) is 72.9 Å². The van der Waals surface area contributed by atoms with Crippen LogP contribution in [0.15, 0.2) is 78.9 Å². The third-order valence-corrected chi connectivity index (χ3v) is 6.63. The molecule has 0 aromatic heterocycles. The molecule has 37 heavy (non-hydrogen) atoms. The van der Waals surface area contributed by atoms with E-state index >= 15 is 0 Å². The molecule has 3 aromatic rings. The molecule has 1 aliphatic rings. The summed E-state index contributed by atoms with van der Waals surface area (Å²) in [4.78, 5) is 25.0. The van der Waals surface area contributed by atoms with Crippen LogP contribution in [-0.2, 0) is 0 Å². The van der Waals surface area contributed by atoms with Gasteiger partial charge in [0.15, 0.2) is 0 Å². The first-order valence-corrected chi connectivity index (χ1v) is 12.9. The number of benzene rings is 3. The van der Waals surface area contributed by atoms with Crippen LogP contribution >= 0.6 is 0 Å². The number of para-hydroxylation sites is 1. The van der Waals surface area contributed by atoms with E-state index in [1.54, 1.807) is 36.4 Å². The summed E-state index contributed by atoms with van der Waals surface area (Å²) >= 11 is 0. The van der Waals surface area contributed by atoms with Crippen LogP contribution in [0.5, 0.6) is 5.75 Å². The first-order valence-electron chi connectivity index (χ1n) is 12.9. The maximum Gasteiger partial charge on any atom is 0.315 e. The number of hydrogen-bond donors (Lipinski definition) is 3. The molecule has 0 spiro atoms. The fourth-order valence-corrected chi connectivity index (χ4v) is 4.66. The normalized spacial score (nSPS) is 17.9. The quantitative estimate of drug-likeness (QED) is 0.313. The number of carbonyl (C=O) groups excluding carboxylic acids is 2. The van der Waals surface area contributed by atoms with E-state index in [-0.39, 0.29) is 23.8 Å². The molecular weight excluding hydrogens is 469 g/mol. The number of hydrogen-bond acceptors (Lipinski definition) is 3. The van der Waals surface area contributed by atoms with Crippen LogP contribution in [0.25, 0.3) is 0 Å². The predicted molar refractivity (Wildman–Crippen MR) is 143 cm³/mol. The highest BCUT2D eigenvalue weighted by atomic mass is 19.1. The Balaban J connectivity index is 1.34. The molecule has 3 amide bonds. The molecule has 194 valence electrons. The summed E-state index contributed by atoms with van der Waals surface area (Å²) in [6.45, 7) is 2.62. The Kier molecular flexibility index (Phi) is 9.13. The van der Waals surface area contributed by atoms with Gasteiger partial charge in [0.2, 0.25) is 0 Å². The van der Waals surface area contributed by atoms with Crippen molar-refractivity contribution in [3.8, 4) is 5.75 Å². The van der Waals surface area contributed by atoms with Gasteiger partial charge in [-0.15, -0.1) is 0 Å². The predicted octanol–water partition coefficient (Wildman–Crippen LogP) is 6.47. The van der Waals surface area contributed by atoms with Crippen LogP contribution in [0, 0.1) is 11.7 Å². The van der Waals surface area contributed by atoms with Crippen LogP contribution < -0.4 is 20.7 Å². The van der Waals surface area contributed by atoms with Crippen LogP contribution in [0.3, 0.4) is 0 Å². The first-order chi connectivity index (χ1) is 18.0. The third kappa shape index (κ3) is 8.07. The Morgan fingerprint density at radius 1 is 0.973 bits per heavy atom. The zero-order valence-electron chi connectivity index (χ0n) is 21.1. The van der Waals surface area contributed by atoms with Crippen molar-refractivity contribution in [2.24, 2.45) is 5.92 Å². The van der Waals surface area contributed by atoms with E-state index in [0.717, 1.165) is 30.5 Å². The van der Waals surface area contributed by atoms with Gasteiger partial charge in [-0.2, -0.15) is 0 Å². The van der Waals surface area contributed by atoms with E-state index in [0.29, 0.717) is 30.2 Å². The highest BCUT2D eigenvalue weighted by Gasteiger charge is 2.21. The van der Waals surface area contributed by atoms with E-state index in [1.807, 2.05) is 30.3 Å². The molecule has 0 saturated heterocycles. The van der Waals surface area contributed by atoms with E-state index in [9.17, 15) is 14.0 Å². The minimum atomic E-state index is -0.403. The van der Waals surface area contributed by atoms with Gasteiger partial charge in [-0.3, -0.25) is 4.79 Å². The average molecular weight is 504 g/mol. The number of nitrogens with one attached hydrogen (secondary N) is 3. The molecule has 3 unspecified atom stereocenters. The van der Waals surface area contributed by atoms with Gasteiger partial charge in [-0.25, -0.2) is 9.18 Å². The standard InChI is InChI=1S/C30H34FN3O3/c1-21-6-5-9-26(20-21)34-30(36)32-19-18-28(22-10-14-24(31)15-11-22)37-27-16-12-23(13-17-27)29(35)33-25-7-3-2-4-8-25/h2-4,7-8,10-17,21,26,28H,5-6,9,18-20H2,1H3,(H,33,35)(H2,32,34,36). The molecule has 7 heteroatoms. The van der Waals surface area contributed by atoms with E-state index in [1.165, 1.54) is 18.6 Å². The Morgan fingerprint density at radius 2 is 1.70 bits per heavy atom. The molecule has 3 N–H and O–H groups in total. The summed E-state index contributed by atoms with van der Waals surface area (Å²) in [5.74, 6) is 0.670. The SMILES string of the molecule is CC1CCCC(NC(=O)NCCC(Oc2ccc(C(=O)Nc3ccccc3)cc2)c2ccc(F)cc2)C1. The van der Waals surface area contributed by atoms with Crippen molar-refractivity contribution >= 4 is 17.6 Å². The lowest BCUT2D eigenvalue weighted by Crippen LogP contribution is -2.44. The molecule has 3 atom stereocenters. The molecule has 4 rings (SSSR count). The minimum Gasteiger partial charge on any atom is -0.486 e. The second kappa shape index (κ2) is 12.9. The van der Waals surface area contributed by atoms with Crippen molar-refractivity contribution in [1.29, 1.82) is 0 Å². The van der Waals surface area contributed by atoms with Crippen LogP contribution in [0.2, 0.25) is 0 Å². The fourth-order valence-electron chi connectivity index (χ4n) is 4.66. The van der Waals surface area contributed by atoms with Gasteiger partial charge in [0.1, 0.15) is 17.7 Å². The highest BCUT2D eigenvalue weighted by molar-refractivity contribution is 6.04. The Labute approximate surface area is 217 Å². The number of amides is 3. The number of carbonyl (C=O) groups is 2. The number of rotatable bonds is 9. The van der Waals surface area contributed by atoms with Crippen LogP contribution in [-0.4, -0.2) is 24.5 Å². The van der Waals surface area contributed by atoms with Gasteiger partial charge in [-0.1, -0.05) is 50.1 Å². The Hall–Kier alpha value is -3.87. The molecule has 6 nitrogen and oxygen atoms in total.